The van der Waals surface area contributed by atoms with Crippen molar-refractivity contribution in [3.63, 3.8) is 0 Å². The number of hydrogen-bond acceptors (Lipinski definition) is 4. The van der Waals surface area contributed by atoms with Crippen molar-refractivity contribution in [2.75, 3.05) is 6.54 Å². The van der Waals surface area contributed by atoms with E-state index in [0.29, 0.717) is 17.1 Å². The Balaban J connectivity index is 2.79. The van der Waals surface area contributed by atoms with Crippen molar-refractivity contribution in [2.24, 2.45) is 0 Å². The summed E-state index contributed by atoms with van der Waals surface area (Å²) in [5, 5.41) is 23.6. The predicted molar refractivity (Wildman–Crippen MR) is 66.1 cm³/mol. The molecule has 0 spiro atoms. The second-order valence-electron chi connectivity index (χ2n) is 4.41. The van der Waals surface area contributed by atoms with E-state index in [1.807, 2.05) is 0 Å². The van der Waals surface area contributed by atoms with Crippen molar-refractivity contribution < 1.29 is 10.0 Å². The SMILES string of the molecule is CC(C)(O)CNCc1c(Cl)cccc1[N+](=O)[O-]. The summed E-state index contributed by atoms with van der Waals surface area (Å²) in [6.07, 6.45) is 0. The first-order valence-electron chi connectivity index (χ1n) is 5.16. The fraction of sp³-hybridized carbons (Fsp3) is 0.455. The molecule has 0 aliphatic rings. The Morgan fingerprint density at radius 3 is 2.71 bits per heavy atom. The van der Waals surface area contributed by atoms with Crippen molar-refractivity contribution >= 4 is 17.3 Å². The summed E-state index contributed by atoms with van der Waals surface area (Å²) < 4.78 is 0. The lowest BCUT2D eigenvalue weighted by molar-refractivity contribution is -0.385. The summed E-state index contributed by atoms with van der Waals surface area (Å²) in [6.45, 7) is 3.89. The summed E-state index contributed by atoms with van der Waals surface area (Å²) in [5.74, 6) is 0. The number of benzene rings is 1. The fourth-order valence-corrected chi connectivity index (χ4v) is 1.62. The van der Waals surface area contributed by atoms with Crippen LogP contribution in [-0.4, -0.2) is 22.2 Å². The molecule has 0 saturated carbocycles. The fourth-order valence-electron chi connectivity index (χ4n) is 1.39. The summed E-state index contributed by atoms with van der Waals surface area (Å²) in [4.78, 5) is 10.3. The molecule has 0 saturated heterocycles. The molecule has 0 radical (unpaired) electrons. The summed E-state index contributed by atoms with van der Waals surface area (Å²) >= 11 is 5.92. The molecule has 0 amide bonds. The van der Waals surface area contributed by atoms with Crippen LogP contribution in [0.1, 0.15) is 19.4 Å². The van der Waals surface area contributed by atoms with Gasteiger partial charge in [-0.1, -0.05) is 17.7 Å². The van der Waals surface area contributed by atoms with Gasteiger partial charge in [-0.15, -0.1) is 0 Å². The van der Waals surface area contributed by atoms with Crippen molar-refractivity contribution in [2.45, 2.75) is 26.0 Å². The monoisotopic (exact) mass is 258 g/mol. The second kappa shape index (κ2) is 5.44. The van der Waals surface area contributed by atoms with Crippen LogP contribution in [-0.2, 0) is 6.54 Å². The second-order valence-corrected chi connectivity index (χ2v) is 4.82. The van der Waals surface area contributed by atoms with Crippen LogP contribution in [0.4, 0.5) is 5.69 Å². The predicted octanol–water partition coefficient (Wildman–Crippen LogP) is 2.11. The third-order valence-corrected chi connectivity index (χ3v) is 2.50. The van der Waals surface area contributed by atoms with E-state index < -0.39 is 10.5 Å². The number of nitro groups is 1. The summed E-state index contributed by atoms with van der Waals surface area (Å²) in [5.41, 5.74) is -0.445. The lowest BCUT2D eigenvalue weighted by Crippen LogP contribution is -2.34. The van der Waals surface area contributed by atoms with Gasteiger partial charge >= 0.3 is 0 Å². The molecule has 0 bridgehead atoms. The van der Waals surface area contributed by atoms with Gasteiger partial charge in [-0.05, 0) is 19.9 Å². The highest BCUT2D eigenvalue weighted by molar-refractivity contribution is 6.31. The number of nitrogens with zero attached hydrogens (tertiary/aromatic N) is 1. The molecule has 1 rings (SSSR count). The number of nitrogens with one attached hydrogen (secondary N) is 1. The molecule has 1 aromatic carbocycles. The molecule has 94 valence electrons. The Morgan fingerprint density at radius 1 is 1.53 bits per heavy atom. The molecule has 0 aliphatic heterocycles. The van der Waals surface area contributed by atoms with Crippen molar-refractivity contribution in [1.29, 1.82) is 0 Å². The van der Waals surface area contributed by atoms with E-state index >= 15 is 0 Å². The van der Waals surface area contributed by atoms with Gasteiger partial charge in [0.25, 0.3) is 5.69 Å². The van der Waals surface area contributed by atoms with Crippen LogP contribution in [0.25, 0.3) is 0 Å². The Morgan fingerprint density at radius 2 is 2.18 bits per heavy atom. The summed E-state index contributed by atoms with van der Waals surface area (Å²) in [7, 11) is 0. The van der Waals surface area contributed by atoms with Crippen LogP contribution < -0.4 is 5.32 Å². The van der Waals surface area contributed by atoms with Gasteiger partial charge in [-0.2, -0.15) is 0 Å². The molecule has 0 unspecified atom stereocenters. The summed E-state index contributed by atoms with van der Waals surface area (Å²) in [6, 6.07) is 4.56. The molecular weight excluding hydrogens is 244 g/mol. The van der Waals surface area contributed by atoms with E-state index in [-0.39, 0.29) is 12.2 Å². The van der Waals surface area contributed by atoms with Gasteiger partial charge in [0.1, 0.15) is 0 Å². The molecule has 0 atom stereocenters. The van der Waals surface area contributed by atoms with Gasteiger partial charge in [0.05, 0.1) is 21.1 Å². The zero-order chi connectivity index (χ0) is 13.1. The van der Waals surface area contributed by atoms with E-state index in [9.17, 15) is 15.2 Å². The number of aliphatic hydroxyl groups is 1. The Bertz CT molecular complexity index is 416. The highest BCUT2D eigenvalue weighted by Crippen LogP contribution is 2.25. The van der Waals surface area contributed by atoms with E-state index in [1.54, 1.807) is 26.0 Å². The molecule has 0 aromatic heterocycles. The lowest BCUT2D eigenvalue weighted by Gasteiger charge is -2.17. The lowest BCUT2D eigenvalue weighted by atomic mass is 10.1. The standard InChI is InChI=1S/C11H15ClN2O3/c1-11(2,15)7-13-6-8-9(12)4-3-5-10(8)14(16)17/h3-5,13,15H,6-7H2,1-2H3. The van der Waals surface area contributed by atoms with E-state index in [0.717, 1.165) is 0 Å². The topological polar surface area (TPSA) is 75.4 Å². The minimum Gasteiger partial charge on any atom is -0.389 e. The van der Waals surface area contributed by atoms with Crippen molar-refractivity contribution in [3.05, 3.63) is 38.9 Å². The molecule has 17 heavy (non-hydrogen) atoms. The Labute approximate surface area is 105 Å². The van der Waals surface area contributed by atoms with Gasteiger partial charge in [-0.3, -0.25) is 10.1 Å². The van der Waals surface area contributed by atoms with Gasteiger partial charge in [-0.25, -0.2) is 0 Å². The highest BCUT2D eigenvalue weighted by Gasteiger charge is 2.17. The molecule has 6 heteroatoms. The molecule has 2 N–H and O–H groups in total. The van der Waals surface area contributed by atoms with Crippen LogP contribution >= 0.6 is 11.6 Å². The molecular formula is C11H15ClN2O3. The molecule has 1 aromatic rings. The van der Waals surface area contributed by atoms with Crippen LogP contribution in [0.3, 0.4) is 0 Å². The van der Waals surface area contributed by atoms with Crippen LogP contribution in [0.5, 0.6) is 0 Å². The van der Waals surface area contributed by atoms with Crippen LogP contribution in [0, 0.1) is 10.1 Å². The first-order chi connectivity index (χ1) is 7.81. The number of rotatable bonds is 5. The smallest absolute Gasteiger partial charge is 0.275 e. The molecule has 5 nitrogen and oxygen atoms in total. The largest absolute Gasteiger partial charge is 0.389 e. The number of nitro benzene ring substituents is 1. The minimum atomic E-state index is -0.865. The highest BCUT2D eigenvalue weighted by atomic mass is 35.5. The van der Waals surface area contributed by atoms with Crippen LogP contribution in [0.15, 0.2) is 18.2 Å². The van der Waals surface area contributed by atoms with E-state index in [1.165, 1.54) is 6.07 Å². The maximum absolute atomic E-state index is 10.8. The number of hydrogen-bond donors (Lipinski definition) is 2. The van der Waals surface area contributed by atoms with Gasteiger partial charge in [0.15, 0.2) is 0 Å². The molecule has 0 fully saturated rings. The normalized spacial score (nSPS) is 11.5. The van der Waals surface area contributed by atoms with E-state index in [2.05, 4.69) is 5.32 Å². The van der Waals surface area contributed by atoms with Crippen molar-refractivity contribution in [3.8, 4) is 0 Å². The molecule has 0 heterocycles. The Kier molecular flexibility index (Phi) is 4.45. The first-order valence-corrected chi connectivity index (χ1v) is 5.54. The first kappa shape index (κ1) is 13.9. The van der Waals surface area contributed by atoms with Crippen molar-refractivity contribution in [1.82, 2.24) is 5.32 Å². The average molecular weight is 259 g/mol. The van der Waals surface area contributed by atoms with Crippen LogP contribution in [0.2, 0.25) is 5.02 Å². The maximum Gasteiger partial charge on any atom is 0.275 e. The third-order valence-electron chi connectivity index (χ3n) is 2.15. The van der Waals surface area contributed by atoms with Gasteiger partial charge in [0.2, 0.25) is 0 Å². The Hall–Kier alpha value is -1.17. The van der Waals surface area contributed by atoms with Gasteiger partial charge < -0.3 is 10.4 Å². The molecule has 0 aliphatic carbocycles. The zero-order valence-corrected chi connectivity index (χ0v) is 10.5. The third kappa shape index (κ3) is 4.30. The average Bonchev–Trinajstić information content (AvgIpc) is 2.18. The quantitative estimate of drug-likeness (QED) is 0.627. The van der Waals surface area contributed by atoms with E-state index in [4.69, 9.17) is 11.6 Å². The zero-order valence-electron chi connectivity index (χ0n) is 9.74. The van der Waals surface area contributed by atoms with Gasteiger partial charge in [0, 0.05) is 19.2 Å². The number of halogens is 1. The minimum absolute atomic E-state index is 0.0132. The maximum atomic E-state index is 10.8.